The van der Waals surface area contributed by atoms with Crippen molar-refractivity contribution in [2.45, 2.75) is 6.54 Å². The van der Waals surface area contributed by atoms with Crippen LogP contribution in [0.15, 0.2) is 36.5 Å². The van der Waals surface area contributed by atoms with E-state index >= 15 is 0 Å². The number of carbonyl (C=O) groups is 1. The van der Waals surface area contributed by atoms with Gasteiger partial charge in [-0.05, 0) is 23.8 Å². The SMILES string of the molecule is O=C(O)c1ccc(CNc2ccnc(N3CCOCC3)n2)cc1. The second-order valence-electron chi connectivity index (χ2n) is 5.20. The molecule has 2 aromatic rings. The molecule has 1 fully saturated rings. The predicted molar refractivity (Wildman–Crippen MR) is 85.8 cm³/mol. The van der Waals surface area contributed by atoms with E-state index in [1.54, 1.807) is 30.5 Å². The van der Waals surface area contributed by atoms with Gasteiger partial charge in [0.25, 0.3) is 0 Å². The van der Waals surface area contributed by atoms with E-state index in [-0.39, 0.29) is 5.56 Å². The molecule has 1 aromatic carbocycles. The first-order valence-electron chi connectivity index (χ1n) is 7.44. The molecule has 2 heterocycles. The number of nitrogens with zero attached hydrogens (tertiary/aromatic N) is 3. The van der Waals surface area contributed by atoms with Crippen LogP contribution in [0, 0.1) is 0 Å². The van der Waals surface area contributed by atoms with Gasteiger partial charge in [-0.1, -0.05) is 12.1 Å². The van der Waals surface area contributed by atoms with E-state index in [2.05, 4.69) is 20.2 Å². The summed E-state index contributed by atoms with van der Waals surface area (Å²) in [6, 6.07) is 8.59. The van der Waals surface area contributed by atoms with Crippen molar-refractivity contribution in [2.75, 3.05) is 36.5 Å². The Kier molecular flexibility index (Phi) is 4.68. The molecule has 0 unspecified atom stereocenters. The summed E-state index contributed by atoms with van der Waals surface area (Å²) in [6.07, 6.45) is 1.73. The Hall–Kier alpha value is -2.67. The van der Waals surface area contributed by atoms with Crippen LogP contribution >= 0.6 is 0 Å². The third-order valence-electron chi connectivity index (χ3n) is 3.61. The minimum Gasteiger partial charge on any atom is -0.478 e. The van der Waals surface area contributed by atoms with Crippen molar-refractivity contribution in [3.63, 3.8) is 0 Å². The number of carboxylic acids is 1. The van der Waals surface area contributed by atoms with Gasteiger partial charge in [0, 0.05) is 25.8 Å². The lowest BCUT2D eigenvalue weighted by atomic mass is 10.1. The Labute approximate surface area is 133 Å². The van der Waals surface area contributed by atoms with Crippen LogP contribution in [-0.4, -0.2) is 47.3 Å². The first kappa shape index (κ1) is 15.2. The number of nitrogens with one attached hydrogen (secondary N) is 1. The Morgan fingerprint density at radius 1 is 1.22 bits per heavy atom. The highest BCUT2D eigenvalue weighted by Crippen LogP contribution is 2.13. The van der Waals surface area contributed by atoms with Crippen molar-refractivity contribution in [1.82, 2.24) is 9.97 Å². The molecular formula is C16H18N4O3. The lowest BCUT2D eigenvalue weighted by Gasteiger charge is -2.26. The highest BCUT2D eigenvalue weighted by Gasteiger charge is 2.13. The molecular weight excluding hydrogens is 296 g/mol. The van der Waals surface area contributed by atoms with Crippen LogP contribution in [-0.2, 0) is 11.3 Å². The van der Waals surface area contributed by atoms with E-state index in [0.717, 1.165) is 24.5 Å². The molecule has 23 heavy (non-hydrogen) atoms. The summed E-state index contributed by atoms with van der Waals surface area (Å²) in [6.45, 7) is 3.54. The van der Waals surface area contributed by atoms with Crippen molar-refractivity contribution in [3.8, 4) is 0 Å². The summed E-state index contributed by atoms with van der Waals surface area (Å²) < 4.78 is 5.33. The number of hydrogen-bond donors (Lipinski definition) is 2. The fraction of sp³-hybridized carbons (Fsp3) is 0.312. The largest absolute Gasteiger partial charge is 0.478 e. The van der Waals surface area contributed by atoms with E-state index in [1.807, 2.05) is 6.07 Å². The molecule has 7 nitrogen and oxygen atoms in total. The maximum atomic E-state index is 10.8. The Morgan fingerprint density at radius 2 is 1.96 bits per heavy atom. The molecule has 0 amide bonds. The van der Waals surface area contributed by atoms with Gasteiger partial charge < -0.3 is 20.1 Å². The molecule has 2 N–H and O–H groups in total. The van der Waals surface area contributed by atoms with Crippen molar-refractivity contribution < 1.29 is 14.6 Å². The zero-order chi connectivity index (χ0) is 16.1. The van der Waals surface area contributed by atoms with Crippen LogP contribution in [0.2, 0.25) is 0 Å². The molecule has 0 aliphatic carbocycles. The van der Waals surface area contributed by atoms with Gasteiger partial charge in [-0.25, -0.2) is 9.78 Å². The number of aromatic carboxylic acids is 1. The molecule has 1 aromatic heterocycles. The molecule has 120 valence electrons. The van der Waals surface area contributed by atoms with Gasteiger partial charge >= 0.3 is 5.97 Å². The standard InChI is InChI=1S/C16H18N4O3/c21-15(22)13-3-1-12(2-4-13)11-18-14-5-6-17-16(19-14)20-7-9-23-10-8-20/h1-6H,7-11H2,(H,21,22)(H,17,18,19). The van der Waals surface area contributed by atoms with Crippen molar-refractivity contribution in [1.29, 1.82) is 0 Å². The summed E-state index contributed by atoms with van der Waals surface area (Å²) in [5.74, 6) is 0.513. The molecule has 1 aliphatic rings. The maximum Gasteiger partial charge on any atom is 0.335 e. The molecule has 0 atom stereocenters. The van der Waals surface area contributed by atoms with Crippen LogP contribution in [0.4, 0.5) is 11.8 Å². The number of hydrogen-bond acceptors (Lipinski definition) is 6. The van der Waals surface area contributed by atoms with Gasteiger partial charge in [0.15, 0.2) is 0 Å². The molecule has 1 aliphatic heterocycles. The van der Waals surface area contributed by atoms with E-state index in [0.29, 0.717) is 25.7 Å². The van der Waals surface area contributed by atoms with Gasteiger partial charge in [0.05, 0.1) is 18.8 Å². The minimum atomic E-state index is -0.921. The fourth-order valence-corrected chi connectivity index (χ4v) is 2.32. The molecule has 0 bridgehead atoms. The van der Waals surface area contributed by atoms with Gasteiger partial charge in [-0.3, -0.25) is 0 Å². The summed E-state index contributed by atoms with van der Waals surface area (Å²) in [5, 5.41) is 12.1. The third-order valence-corrected chi connectivity index (χ3v) is 3.61. The van der Waals surface area contributed by atoms with E-state index in [9.17, 15) is 4.79 Å². The van der Waals surface area contributed by atoms with Crippen molar-refractivity contribution in [2.24, 2.45) is 0 Å². The monoisotopic (exact) mass is 314 g/mol. The van der Waals surface area contributed by atoms with Crippen molar-refractivity contribution >= 4 is 17.7 Å². The number of aromatic nitrogens is 2. The highest BCUT2D eigenvalue weighted by molar-refractivity contribution is 5.87. The molecule has 3 rings (SSSR count). The number of carboxylic acid groups (broad SMARTS) is 1. The maximum absolute atomic E-state index is 10.8. The number of anilines is 2. The first-order valence-corrected chi connectivity index (χ1v) is 7.44. The lowest BCUT2D eigenvalue weighted by Crippen LogP contribution is -2.37. The van der Waals surface area contributed by atoms with Crippen LogP contribution in [0.5, 0.6) is 0 Å². The highest BCUT2D eigenvalue weighted by atomic mass is 16.5. The van der Waals surface area contributed by atoms with Crippen LogP contribution in [0.1, 0.15) is 15.9 Å². The molecule has 0 radical (unpaired) electrons. The zero-order valence-electron chi connectivity index (χ0n) is 12.6. The van der Waals surface area contributed by atoms with Crippen LogP contribution < -0.4 is 10.2 Å². The van der Waals surface area contributed by atoms with Gasteiger partial charge in [-0.2, -0.15) is 4.98 Å². The van der Waals surface area contributed by atoms with E-state index in [4.69, 9.17) is 9.84 Å². The Bertz CT molecular complexity index is 669. The van der Waals surface area contributed by atoms with Crippen LogP contribution in [0.25, 0.3) is 0 Å². The van der Waals surface area contributed by atoms with E-state index in [1.165, 1.54) is 0 Å². The molecule has 0 spiro atoms. The summed E-state index contributed by atoms with van der Waals surface area (Å²) in [7, 11) is 0. The summed E-state index contributed by atoms with van der Waals surface area (Å²) >= 11 is 0. The molecule has 7 heteroatoms. The number of ether oxygens (including phenoxy) is 1. The summed E-state index contributed by atoms with van der Waals surface area (Å²) in [5.41, 5.74) is 1.27. The second kappa shape index (κ2) is 7.06. The number of benzene rings is 1. The van der Waals surface area contributed by atoms with Crippen molar-refractivity contribution in [3.05, 3.63) is 47.7 Å². The first-order chi connectivity index (χ1) is 11.2. The quantitative estimate of drug-likeness (QED) is 0.867. The van der Waals surface area contributed by atoms with Gasteiger partial charge in [-0.15, -0.1) is 0 Å². The number of rotatable bonds is 5. The molecule has 0 saturated carbocycles. The fourth-order valence-electron chi connectivity index (χ4n) is 2.32. The minimum absolute atomic E-state index is 0.283. The van der Waals surface area contributed by atoms with Crippen LogP contribution in [0.3, 0.4) is 0 Å². The van der Waals surface area contributed by atoms with Gasteiger partial charge in [0.1, 0.15) is 5.82 Å². The Balaban J connectivity index is 1.62. The second-order valence-corrected chi connectivity index (χ2v) is 5.20. The number of morpholine rings is 1. The average Bonchev–Trinajstić information content (AvgIpc) is 2.61. The topological polar surface area (TPSA) is 87.6 Å². The Morgan fingerprint density at radius 3 is 2.65 bits per heavy atom. The van der Waals surface area contributed by atoms with Gasteiger partial charge in [0.2, 0.25) is 5.95 Å². The van der Waals surface area contributed by atoms with E-state index < -0.39 is 5.97 Å². The third kappa shape index (κ3) is 3.95. The average molecular weight is 314 g/mol. The zero-order valence-corrected chi connectivity index (χ0v) is 12.6. The summed E-state index contributed by atoms with van der Waals surface area (Å²) in [4.78, 5) is 21.7. The predicted octanol–water partition coefficient (Wildman–Crippen LogP) is 1.62. The normalized spacial score (nSPS) is 14.5. The smallest absolute Gasteiger partial charge is 0.335 e. The lowest BCUT2D eigenvalue weighted by molar-refractivity contribution is 0.0697. The molecule has 1 saturated heterocycles.